The molecule has 5 heterocycles. The first-order valence-corrected chi connectivity index (χ1v) is 10.5. The summed E-state index contributed by atoms with van der Waals surface area (Å²) in [6.45, 7) is 0. The van der Waals surface area contributed by atoms with E-state index in [0.29, 0.717) is 22.9 Å². The lowest BCUT2D eigenvalue weighted by molar-refractivity contribution is 0.203. The van der Waals surface area contributed by atoms with Crippen molar-refractivity contribution >= 4 is 39.5 Å². The Kier molecular flexibility index (Phi) is 3.85. The summed E-state index contributed by atoms with van der Waals surface area (Å²) in [7, 11) is 1.87. The first-order valence-electron chi connectivity index (χ1n) is 10.2. The molecule has 2 aliphatic heterocycles. The van der Waals surface area contributed by atoms with E-state index in [1.165, 1.54) is 0 Å². The number of aromatic nitrogens is 5. The minimum Gasteiger partial charge on any atom is -0.346 e. The molecule has 6 rings (SSSR count). The maximum atomic E-state index is 14.7. The van der Waals surface area contributed by atoms with Crippen LogP contribution < -0.4 is 10.6 Å². The van der Waals surface area contributed by atoms with Gasteiger partial charge in [0.2, 0.25) is 0 Å². The summed E-state index contributed by atoms with van der Waals surface area (Å²) in [5.74, 6) is 0.701. The fourth-order valence-corrected chi connectivity index (χ4v) is 5.46. The fraction of sp³-hybridized carbons (Fsp3) is 0.381. The van der Waals surface area contributed by atoms with E-state index in [0.717, 1.165) is 40.4 Å². The van der Waals surface area contributed by atoms with E-state index < -0.39 is 12.2 Å². The van der Waals surface area contributed by atoms with E-state index in [1.807, 2.05) is 31.6 Å². The standard InChI is InChI=1S/C21H21ClFN7/c1-29-9-13-15(28-29)4-3-11(18(13)22)12-7-26-21-20(12)25-8-17(27-21)30-10-2-5-16(30)19(23)14(24)6-10/h3-4,7-10,14,16,19H,2,5-6,24H2,1H3,(H,26,27)/t10-,14-,16+,19-/m0/s1. The molecule has 2 fully saturated rings. The summed E-state index contributed by atoms with van der Waals surface area (Å²) in [6.07, 6.45) is 6.87. The van der Waals surface area contributed by atoms with Gasteiger partial charge < -0.3 is 15.6 Å². The number of benzene rings is 1. The van der Waals surface area contributed by atoms with Crippen LogP contribution in [-0.4, -0.2) is 49.0 Å². The van der Waals surface area contributed by atoms with E-state index in [2.05, 4.69) is 15.0 Å². The van der Waals surface area contributed by atoms with Crippen LogP contribution in [0, 0.1) is 0 Å². The second kappa shape index (κ2) is 6.39. The van der Waals surface area contributed by atoms with Gasteiger partial charge in [-0.3, -0.25) is 4.68 Å². The predicted octanol–water partition coefficient (Wildman–Crippen LogP) is 3.57. The number of halogens is 2. The van der Waals surface area contributed by atoms with Gasteiger partial charge in [-0.25, -0.2) is 14.4 Å². The SMILES string of the molecule is Cn1cc2c(Cl)c(-c3c[nH]c4nc(N5[C@H]6CC[C@@H]5[C@@H](F)[C@@H](N)C6)cnc34)ccc2n1. The number of nitrogens with two attached hydrogens (primary N) is 1. The second-order valence-corrected chi connectivity index (χ2v) is 8.72. The summed E-state index contributed by atoms with van der Waals surface area (Å²) in [5.41, 5.74) is 9.99. The number of nitrogens with one attached hydrogen (secondary N) is 1. The number of rotatable bonds is 2. The second-order valence-electron chi connectivity index (χ2n) is 8.34. The first-order chi connectivity index (χ1) is 14.5. The Morgan fingerprint density at radius 2 is 2.13 bits per heavy atom. The Bertz CT molecular complexity index is 1280. The number of alkyl halides is 1. The molecule has 0 aliphatic carbocycles. The van der Waals surface area contributed by atoms with Crippen molar-refractivity contribution in [3.8, 4) is 11.1 Å². The molecule has 4 aromatic rings. The van der Waals surface area contributed by atoms with Crippen LogP contribution >= 0.6 is 11.6 Å². The zero-order chi connectivity index (χ0) is 20.6. The quantitative estimate of drug-likeness (QED) is 0.512. The lowest BCUT2D eigenvalue weighted by atomic mass is 9.96. The van der Waals surface area contributed by atoms with Gasteiger partial charge in [-0.1, -0.05) is 17.7 Å². The summed E-state index contributed by atoms with van der Waals surface area (Å²) in [4.78, 5) is 14.8. The van der Waals surface area contributed by atoms with Crippen LogP contribution in [0.5, 0.6) is 0 Å². The maximum Gasteiger partial charge on any atom is 0.159 e. The Morgan fingerprint density at radius 1 is 1.27 bits per heavy atom. The molecule has 2 saturated heterocycles. The lowest BCUT2D eigenvalue weighted by Crippen LogP contribution is -2.55. The van der Waals surface area contributed by atoms with Gasteiger partial charge in [0, 0.05) is 48.0 Å². The van der Waals surface area contributed by atoms with Crippen molar-refractivity contribution in [1.82, 2.24) is 24.7 Å². The number of H-pyrrole nitrogens is 1. The highest BCUT2D eigenvalue weighted by atomic mass is 35.5. The largest absolute Gasteiger partial charge is 0.346 e. The number of hydrogen-bond donors (Lipinski definition) is 2. The predicted molar refractivity (Wildman–Crippen MR) is 115 cm³/mol. The Morgan fingerprint density at radius 3 is 3.00 bits per heavy atom. The summed E-state index contributed by atoms with van der Waals surface area (Å²) in [5, 5.41) is 5.93. The topological polar surface area (TPSA) is 88.7 Å². The van der Waals surface area contributed by atoms with Gasteiger partial charge in [0.15, 0.2) is 5.65 Å². The van der Waals surface area contributed by atoms with Crippen molar-refractivity contribution in [1.29, 1.82) is 0 Å². The van der Waals surface area contributed by atoms with Crippen LogP contribution in [0.15, 0.2) is 30.7 Å². The van der Waals surface area contributed by atoms with Crippen molar-refractivity contribution in [3.63, 3.8) is 0 Å². The molecule has 0 spiro atoms. The van der Waals surface area contributed by atoms with Gasteiger partial charge >= 0.3 is 0 Å². The van der Waals surface area contributed by atoms with E-state index in [9.17, 15) is 4.39 Å². The molecule has 9 heteroatoms. The number of fused-ring (bicyclic) bond motifs is 4. The molecule has 2 aliphatic rings. The minimum atomic E-state index is -1.04. The van der Waals surface area contributed by atoms with Crippen molar-refractivity contribution in [3.05, 3.63) is 35.7 Å². The molecule has 154 valence electrons. The molecule has 0 saturated carbocycles. The number of aryl methyl sites for hydroxylation is 1. The third kappa shape index (κ3) is 2.50. The first kappa shape index (κ1) is 18.1. The number of anilines is 1. The third-order valence-electron chi connectivity index (χ3n) is 6.53. The number of aromatic amines is 1. The average molecular weight is 426 g/mol. The number of hydrogen-bond acceptors (Lipinski definition) is 5. The summed E-state index contributed by atoms with van der Waals surface area (Å²) in [6, 6.07) is 3.52. The van der Waals surface area contributed by atoms with Crippen LogP contribution in [0.25, 0.3) is 33.2 Å². The monoisotopic (exact) mass is 425 g/mol. The summed E-state index contributed by atoms with van der Waals surface area (Å²) < 4.78 is 16.4. The highest BCUT2D eigenvalue weighted by Gasteiger charge is 2.47. The van der Waals surface area contributed by atoms with E-state index in [1.54, 1.807) is 10.9 Å². The van der Waals surface area contributed by atoms with E-state index in [-0.39, 0.29) is 12.1 Å². The normalized spacial score (nSPS) is 26.2. The number of nitrogens with zero attached hydrogens (tertiary/aromatic N) is 5. The van der Waals surface area contributed by atoms with E-state index >= 15 is 0 Å². The Balaban J connectivity index is 1.42. The highest BCUT2D eigenvalue weighted by molar-refractivity contribution is 6.38. The van der Waals surface area contributed by atoms with Crippen LogP contribution in [0.3, 0.4) is 0 Å². The molecule has 2 bridgehead atoms. The van der Waals surface area contributed by atoms with Gasteiger partial charge in [0.25, 0.3) is 0 Å². The van der Waals surface area contributed by atoms with E-state index in [4.69, 9.17) is 27.3 Å². The lowest BCUT2D eigenvalue weighted by Gasteiger charge is -2.40. The third-order valence-corrected chi connectivity index (χ3v) is 6.94. The van der Waals surface area contributed by atoms with Crippen LogP contribution in [-0.2, 0) is 7.05 Å². The minimum absolute atomic E-state index is 0.220. The smallest absolute Gasteiger partial charge is 0.159 e. The van der Waals surface area contributed by atoms with Crippen molar-refractivity contribution in [2.24, 2.45) is 12.8 Å². The molecular weight excluding hydrogens is 405 g/mol. The molecule has 0 unspecified atom stereocenters. The summed E-state index contributed by atoms with van der Waals surface area (Å²) >= 11 is 6.70. The molecule has 4 atom stereocenters. The fourth-order valence-electron chi connectivity index (χ4n) is 5.15. The molecule has 3 N–H and O–H groups in total. The number of piperidine rings is 1. The van der Waals surface area contributed by atoms with Gasteiger partial charge in [-0.15, -0.1) is 0 Å². The van der Waals surface area contributed by atoms with Gasteiger partial charge in [-0.05, 0) is 25.3 Å². The van der Waals surface area contributed by atoms with Crippen molar-refractivity contribution < 1.29 is 4.39 Å². The molecule has 1 aromatic carbocycles. The average Bonchev–Trinajstić information content (AvgIpc) is 3.41. The molecule has 30 heavy (non-hydrogen) atoms. The van der Waals surface area contributed by atoms with Crippen molar-refractivity contribution in [2.45, 2.75) is 43.6 Å². The zero-order valence-corrected chi connectivity index (χ0v) is 17.1. The van der Waals surface area contributed by atoms with Crippen LogP contribution in [0.4, 0.5) is 10.2 Å². The van der Waals surface area contributed by atoms with Gasteiger partial charge in [0.05, 0.1) is 22.8 Å². The molecule has 7 nitrogen and oxygen atoms in total. The highest BCUT2D eigenvalue weighted by Crippen LogP contribution is 2.41. The molecular formula is C21H21ClFN7. The van der Waals surface area contributed by atoms with Gasteiger partial charge in [-0.2, -0.15) is 5.10 Å². The van der Waals surface area contributed by atoms with Gasteiger partial charge in [0.1, 0.15) is 17.5 Å². The molecule has 0 radical (unpaired) electrons. The Hall–Kier alpha value is -2.71. The molecule has 3 aromatic heterocycles. The van der Waals surface area contributed by atoms with Crippen LogP contribution in [0.2, 0.25) is 5.02 Å². The van der Waals surface area contributed by atoms with Crippen molar-refractivity contribution in [2.75, 3.05) is 4.90 Å². The Labute approximate surface area is 177 Å². The molecule has 0 amide bonds. The zero-order valence-electron chi connectivity index (χ0n) is 16.4. The van der Waals surface area contributed by atoms with Crippen LogP contribution in [0.1, 0.15) is 19.3 Å². The maximum absolute atomic E-state index is 14.7.